The first kappa shape index (κ1) is 13.9. The highest BCUT2D eigenvalue weighted by Crippen LogP contribution is 2.29. The zero-order chi connectivity index (χ0) is 14.5. The molecule has 1 aromatic carbocycles. The molecule has 2 heterocycles. The van der Waals surface area contributed by atoms with Gasteiger partial charge in [0, 0.05) is 11.9 Å². The highest BCUT2D eigenvalue weighted by molar-refractivity contribution is 7.98. The Morgan fingerprint density at radius 3 is 2.86 bits per heavy atom. The fourth-order valence-electron chi connectivity index (χ4n) is 2.01. The number of nitrogens with zero attached hydrogens (tertiary/aromatic N) is 2. The first-order valence-electron chi connectivity index (χ1n) is 7.02. The maximum atomic E-state index is 5.38. The maximum absolute atomic E-state index is 5.38. The lowest BCUT2D eigenvalue weighted by Gasteiger charge is -2.08. The number of para-hydroxylation sites is 1. The Morgan fingerprint density at radius 1 is 1.14 bits per heavy atom. The van der Waals surface area contributed by atoms with Crippen molar-refractivity contribution in [3.05, 3.63) is 48.4 Å². The van der Waals surface area contributed by atoms with Gasteiger partial charge in [-0.3, -0.25) is 0 Å². The van der Waals surface area contributed by atoms with E-state index >= 15 is 0 Å². The van der Waals surface area contributed by atoms with Crippen molar-refractivity contribution in [3.63, 3.8) is 0 Å². The summed E-state index contributed by atoms with van der Waals surface area (Å²) in [5, 5.41) is 5.32. The van der Waals surface area contributed by atoms with E-state index in [0.717, 1.165) is 40.4 Å². The van der Waals surface area contributed by atoms with Gasteiger partial charge >= 0.3 is 0 Å². The average molecular weight is 299 g/mol. The number of fused-ring (bicyclic) bond motifs is 1. The van der Waals surface area contributed by atoms with Crippen LogP contribution in [0.15, 0.2) is 52.1 Å². The normalized spacial score (nSPS) is 10.9. The van der Waals surface area contributed by atoms with E-state index < -0.39 is 0 Å². The van der Waals surface area contributed by atoms with Crippen molar-refractivity contribution < 1.29 is 4.42 Å². The summed E-state index contributed by atoms with van der Waals surface area (Å²) in [5.41, 5.74) is 0.966. The number of furan rings is 1. The predicted molar refractivity (Wildman–Crippen MR) is 86.6 cm³/mol. The van der Waals surface area contributed by atoms with E-state index in [1.807, 2.05) is 30.3 Å². The molecule has 0 atom stereocenters. The van der Waals surface area contributed by atoms with Crippen LogP contribution in [0, 0.1) is 0 Å². The summed E-state index contributed by atoms with van der Waals surface area (Å²) in [6.45, 7) is 3.00. The van der Waals surface area contributed by atoms with Crippen LogP contribution in [0.3, 0.4) is 0 Å². The zero-order valence-corrected chi connectivity index (χ0v) is 12.7. The number of anilines is 1. The van der Waals surface area contributed by atoms with Crippen molar-refractivity contribution in [2.45, 2.75) is 24.1 Å². The summed E-state index contributed by atoms with van der Waals surface area (Å²) < 4.78 is 5.38. The number of hydrogen-bond donors (Lipinski definition) is 1. The van der Waals surface area contributed by atoms with Crippen molar-refractivity contribution in [1.29, 1.82) is 0 Å². The van der Waals surface area contributed by atoms with E-state index in [1.54, 1.807) is 18.0 Å². The first-order chi connectivity index (χ1) is 10.4. The molecule has 3 aromatic rings. The van der Waals surface area contributed by atoms with E-state index in [9.17, 15) is 0 Å². The topological polar surface area (TPSA) is 51.0 Å². The Labute approximate surface area is 128 Å². The second kappa shape index (κ2) is 6.63. The van der Waals surface area contributed by atoms with Crippen LogP contribution >= 0.6 is 11.8 Å². The van der Waals surface area contributed by atoms with Gasteiger partial charge in [0.25, 0.3) is 0 Å². The van der Waals surface area contributed by atoms with Gasteiger partial charge in [0.05, 0.1) is 17.5 Å². The second-order valence-electron chi connectivity index (χ2n) is 4.66. The highest BCUT2D eigenvalue weighted by Gasteiger charge is 2.08. The summed E-state index contributed by atoms with van der Waals surface area (Å²) in [5.74, 6) is 2.41. The molecule has 0 bridgehead atoms. The molecule has 1 N–H and O–H groups in total. The minimum Gasteiger partial charge on any atom is -0.468 e. The zero-order valence-electron chi connectivity index (χ0n) is 11.9. The molecule has 0 radical (unpaired) electrons. The summed E-state index contributed by atoms with van der Waals surface area (Å²) in [6, 6.07) is 12.0. The van der Waals surface area contributed by atoms with Crippen molar-refractivity contribution >= 4 is 28.6 Å². The summed E-state index contributed by atoms with van der Waals surface area (Å²) in [4.78, 5) is 9.20. The lowest BCUT2D eigenvalue weighted by molar-refractivity contribution is 0.530. The van der Waals surface area contributed by atoms with Crippen LogP contribution in [0.5, 0.6) is 0 Å². The minimum absolute atomic E-state index is 0.692. The van der Waals surface area contributed by atoms with Gasteiger partial charge in [0.1, 0.15) is 10.8 Å². The lowest BCUT2D eigenvalue weighted by Crippen LogP contribution is -2.05. The number of nitrogens with one attached hydrogen (secondary N) is 1. The number of benzene rings is 1. The maximum Gasteiger partial charge on any atom is 0.224 e. The molecule has 108 valence electrons. The monoisotopic (exact) mass is 299 g/mol. The van der Waals surface area contributed by atoms with Gasteiger partial charge in [-0.1, -0.05) is 36.9 Å². The molecule has 0 unspecified atom stereocenters. The van der Waals surface area contributed by atoms with Crippen molar-refractivity contribution in [2.24, 2.45) is 0 Å². The molecule has 0 aliphatic carbocycles. The van der Waals surface area contributed by atoms with Crippen molar-refractivity contribution in [2.75, 3.05) is 11.9 Å². The van der Waals surface area contributed by atoms with Gasteiger partial charge in [0.15, 0.2) is 0 Å². The van der Waals surface area contributed by atoms with Crippen LogP contribution < -0.4 is 5.32 Å². The third-order valence-electron chi connectivity index (χ3n) is 3.03. The Balaban J connectivity index is 1.90. The van der Waals surface area contributed by atoms with Gasteiger partial charge in [-0.25, -0.2) is 9.97 Å². The lowest BCUT2D eigenvalue weighted by atomic mass is 10.2. The number of thioether (sulfide) groups is 1. The van der Waals surface area contributed by atoms with Gasteiger partial charge in [-0.15, -0.1) is 0 Å². The SMILES string of the molecule is CCCNc1nc(SCc2ccco2)c2ccccc2n1. The number of hydrogen-bond acceptors (Lipinski definition) is 5. The Kier molecular flexibility index (Phi) is 4.40. The molecule has 5 heteroatoms. The molecule has 4 nitrogen and oxygen atoms in total. The molecule has 0 saturated carbocycles. The molecule has 21 heavy (non-hydrogen) atoms. The fourth-order valence-corrected chi connectivity index (χ4v) is 2.93. The smallest absolute Gasteiger partial charge is 0.224 e. The molecule has 0 fully saturated rings. The van der Waals surface area contributed by atoms with Crippen LogP contribution in [0.2, 0.25) is 0 Å². The second-order valence-corrected chi connectivity index (χ2v) is 5.63. The van der Waals surface area contributed by atoms with E-state index in [4.69, 9.17) is 4.42 Å². The summed E-state index contributed by atoms with van der Waals surface area (Å²) in [6.07, 6.45) is 2.74. The molecule has 0 saturated heterocycles. The number of aromatic nitrogens is 2. The third-order valence-corrected chi connectivity index (χ3v) is 4.05. The third kappa shape index (κ3) is 3.36. The molecule has 0 aliphatic heterocycles. The van der Waals surface area contributed by atoms with E-state index in [0.29, 0.717) is 5.95 Å². The molecule has 0 aliphatic rings. The Hall–Kier alpha value is -2.01. The molecular weight excluding hydrogens is 282 g/mol. The predicted octanol–water partition coefficient (Wildman–Crippen LogP) is 4.34. The molecule has 2 aromatic heterocycles. The molecule has 0 amide bonds. The van der Waals surface area contributed by atoms with Gasteiger partial charge in [0.2, 0.25) is 5.95 Å². The van der Waals surface area contributed by atoms with Crippen LogP contribution in [0.1, 0.15) is 19.1 Å². The van der Waals surface area contributed by atoms with Gasteiger partial charge < -0.3 is 9.73 Å². The van der Waals surface area contributed by atoms with Crippen molar-refractivity contribution in [1.82, 2.24) is 9.97 Å². The summed E-state index contributed by atoms with van der Waals surface area (Å²) in [7, 11) is 0. The average Bonchev–Trinajstić information content (AvgIpc) is 3.04. The molecule has 0 spiro atoms. The highest BCUT2D eigenvalue weighted by atomic mass is 32.2. The van der Waals surface area contributed by atoms with Crippen LogP contribution in [0.25, 0.3) is 10.9 Å². The molecular formula is C16H17N3OS. The van der Waals surface area contributed by atoms with Gasteiger partial charge in [-0.05, 0) is 24.6 Å². The van der Waals surface area contributed by atoms with Gasteiger partial charge in [-0.2, -0.15) is 0 Å². The van der Waals surface area contributed by atoms with E-state index in [2.05, 4.69) is 28.3 Å². The first-order valence-corrected chi connectivity index (χ1v) is 8.01. The number of rotatable bonds is 6. The standard InChI is InChI=1S/C16H17N3OS/c1-2-9-17-16-18-14-8-4-3-7-13(14)15(19-16)21-11-12-6-5-10-20-12/h3-8,10H,2,9,11H2,1H3,(H,17,18,19). The quantitative estimate of drug-likeness (QED) is 0.542. The Morgan fingerprint density at radius 2 is 2.05 bits per heavy atom. The van der Waals surface area contributed by atoms with E-state index in [1.165, 1.54) is 0 Å². The minimum atomic E-state index is 0.692. The van der Waals surface area contributed by atoms with Crippen LogP contribution in [0.4, 0.5) is 5.95 Å². The largest absolute Gasteiger partial charge is 0.468 e. The van der Waals surface area contributed by atoms with E-state index in [-0.39, 0.29) is 0 Å². The molecule has 3 rings (SSSR count). The summed E-state index contributed by atoms with van der Waals surface area (Å²) >= 11 is 1.67. The Bertz CT molecular complexity index is 713. The van der Waals surface area contributed by atoms with Crippen LogP contribution in [-0.2, 0) is 5.75 Å². The van der Waals surface area contributed by atoms with Crippen LogP contribution in [-0.4, -0.2) is 16.5 Å². The van der Waals surface area contributed by atoms with Crippen molar-refractivity contribution in [3.8, 4) is 0 Å². The fraction of sp³-hybridized carbons (Fsp3) is 0.250.